The third kappa shape index (κ3) is 3.48. The molecule has 0 fully saturated rings. The molecule has 2 aromatic rings. The van der Waals surface area contributed by atoms with Gasteiger partial charge in [0.15, 0.2) is 0 Å². The van der Waals surface area contributed by atoms with E-state index in [1.165, 1.54) is 0 Å². The molecule has 1 N–H and O–H groups in total. The zero-order chi connectivity index (χ0) is 11.9. The second-order valence-corrected chi connectivity index (χ2v) is 3.79. The largest absolute Gasteiger partial charge is 0.396 e. The topological polar surface area (TPSA) is 20.2 Å². The maximum absolute atomic E-state index is 8.81. The zero-order valence-corrected chi connectivity index (χ0v) is 9.56. The molecule has 0 amide bonds. The van der Waals surface area contributed by atoms with Gasteiger partial charge >= 0.3 is 0 Å². The van der Waals surface area contributed by atoms with E-state index in [9.17, 15) is 0 Å². The van der Waals surface area contributed by atoms with Crippen LogP contribution in [0.25, 0.3) is 0 Å². The van der Waals surface area contributed by atoms with Crippen LogP contribution in [0, 0.1) is 11.8 Å². The summed E-state index contributed by atoms with van der Waals surface area (Å²) in [6.07, 6.45) is 0.701. The third-order valence-electron chi connectivity index (χ3n) is 2.48. The van der Waals surface area contributed by atoms with Crippen molar-refractivity contribution < 1.29 is 5.11 Å². The van der Waals surface area contributed by atoms with Gasteiger partial charge in [-0.15, -0.1) is 0 Å². The Morgan fingerprint density at radius 3 is 1.94 bits per heavy atom. The Bertz CT molecular complexity index is 515. The molecule has 0 heterocycles. The van der Waals surface area contributed by atoms with Gasteiger partial charge in [-0.3, -0.25) is 0 Å². The molecule has 0 radical (unpaired) electrons. The molecule has 84 valence electrons. The summed E-state index contributed by atoms with van der Waals surface area (Å²) in [4.78, 5) is 0. The van der Waals surface area contributed by atoms with Gasteiger partial charge in [0.2, 0.25) is 0 Å². The number of aliphatic hydroxyl groups is 1. The summed E-state index contributed by atoms with van der Waals surface area (Å²) >= 11 is 0. The van der Waals surface area contributed by atoms with Crippen LogP contribution in [-0.2, 0) is 6.42 Å². The Morgan fingerprint density at radius 2 is 1.35 bits per heavy atom. The second kappa shape index (κ2) is 5.89. The van der Waals surface area contributed by atoms with Gasteiger partial charge in [-0.2, -0.15) is 0 Å². The van der Waals surface area contributed by atoms with Crippen molar-refractivity contribution in [3.05, 3.63) is 71.3 Å². The summed E-state index contributed by atoms with van der Waals surface area (Å²) < 4.78 is 0. The first-order chi connectivity index (χ1) is 8.38. The summed E-state index contributed by atoms with van der Waals surface area (Å²) in [5.41, 5.74) is 3.15. The fraction of sp³-hybridized carbons (Fsp3) is 0.125. The first-order valence-corrected chi connectivity index (χ1v) is 5.65. The van der Waals surface area contributed by atoms with Gasteiger partial charge < -0.3 is 5.11 Å². The van der Waals surface area contributed by atoms with E-state index in [1.54, 1.807) is 0 Å². The Morgan fingerprint density at radius 1 is 0.765 bits per heavy atom. The number of benzene rings is 2. The lowest BCUT2D eigenvalue weighted by molar-refractivity contribution is 0.299. The molecule has 0 aliphatic rings. The van der Waals surface area contributed by atoms with Crippen molar-refractivity contribution in [2.45, 2.75) is 6.42 Å². The Hall–Kier alpha value is -2.04. The summed E-state index contributed by atoms with van der Waals surface area (Å²) in [6.45, 7) is 0.190. The van der Waals surface area contributed by atoms with Crippen LogP contribution < -0.4 is 0 Å². The van der Waals surface area contributed by atoms with E-state index in [0.29, 0.717) is 6.42 Å². The molecular weight excluding hydrogens is 208 g/mol. The van der Waals surface area contributed by atoms with Crippen molar-refractivity contribution in [1.82, 2.24) is 0 Å². The number of hydrogen-bond acceptors (Lipinski definition) is 1. The van der Waals surface area contributed by atoms with Crippen LogP contribution in [0.5, 0.6) is 0 Å². The van der Waals surface area contributed by atoms with Crippen LogP contribution >= 0.6 is 0 Å². The molecule has 0 saturated carbocycles. The highest BCUT2D eigenvalue weighted by atomic mass is 16.2. The molecule has 0 saturated heterocycles. The van der Waals surface area contributed by atoms with E-state index >= 15 is 0 Å². The highest BCUT2D eigenvalue weighted by molar-refractivity contribution is 5.43. The van der Waals surface area contributed by atoms with Crippen LogP contribution in [0.3, 0.4) is 0 Å². The van der Waals surface area contributed by atoms with Crippen LogP contribution in [0.15, 0.2) is 54.6 Å². The Balaban J connectivity index is 2.12. The molecule has 2 rings (SSSR count). The molecule has 0 aliphatic carbocycles. The second-order valence-electron chi connectivity index (χ2n) is 3.79. The van der Waals surface area contributed by atoms with E-state index in [4.69, 9.17) is 5.11 Å². The van der Waals surface area contributed by atoms with Crippen molar-refractivity contribution in [3.8, 4) is 11.8 Å². The monoisotopic (exact) mass is 222 g/mol. The molecule has 0 aromatic heterocycles. The maximum atomic E-state index is 8.81. The van der Waals surface area contributed by atoms with Gasteiger partial charge in [0.25, 0.3) is 0 Å². The molecule has 2 aromatic carbocycles. The predicted molar refractivity (Wildman–Crippen MR) is 69.7 cm³/mol. The van der Waals surface area contributed by atoms with E-state index in [1.807, 2.05) is 54.6 Å². The van der Waals surface area contributed by atoms with E-state index in [-0.39, 0.29) is 6.61 Å². The van der Waals surface area contributed by atoms with Crippen molar-refractivity contribution in [3.63, 3.8) is 0 Å². The van der Waals surface area contributed by atoms with Crippen molar-refractivity contribution in [2.75, 3.05) is 6.61 Å². The van der Waals surface area contributed by atoms with Gasteiger partial charge in [0.05, 0.1) is 0 Å². The number of hydrogen-bond donors (Lipinski definition) is 1. The standard InChI is InChI=1S/C16H14O/c17-13-12-16-10-8-15(9-11-16)7-6-14-4-2-1-3-5-14/h1-5,8-11,17H,12-13H2. The van der Waals surface area contributed by atoms with Crippen LogP contribution in [0.4, 0.5) is 0 Å². The molecule has 0 atom stereocenters. The minimum absolute atomic E-state index is 0.190. The first-order valence-electron chi connectivity index (χ1n) is 5.65. The Kier molecular flexibility index (Phi) is 3.96. The van der Waals surface area contributed by atoms with E-state index < -0.39 is 0 Å². The van der Waals surface area contributed by atoms with Gasteiger partial charge in [-0.25, -0.2) is 0 Å². The van der Waals surface area contributed by atoms with Gasteiger partial charge in [-0.05, 0) is 36.2 Å². The highest BCUT2D eigenvalue weighted by Gasteiger charge is 1.91. The summed E-state index contributed by atoms with van der Waals surface area (Å²) in [5.74, 6) is 6.23. The highest BCUT2D eigenvalue weighted by Crippen LogP contribution is 2.04. The average molecular weight is 222 g/mol. The van der Waals surface area contributed by atoms with Gasteiger partial charge in [0, 0.05) is 17.7 Å². The quantitative estimate of drug-likeness (QED) is 0.774. The molecular formula is C16H14O. The van der Waals surface area contributed by atoms with Crippen molar-refractivity contribution >= 4 is 0 Å². The lowest BCUT2D eigenvalue weighted by Gasteiger charge is -1.97. The van der Waals surface area contributed by atoms with Gasteiger partial charge in [-0.1, -0.05) is 42.2 Å². The molecule has 1 heteroatoms. The summed E-state index contributed by atoms with van der Waals surface area (Å²) in [6, 6.07) is 17.9. The lowest BCUT2D eigenvalue weighted by Crippen LogP contribution is -1.89. The number of aliphatic hydroxyl groups excluding tert-OH is 1. The molecule has 0 spiro atoms. The predicted octanol–water partition coefficient (Wildman–Crippen LogP) is 2.62. The molecule has 0 unspecified atom stereocenters. The molecule has 0 bridgehead atoms. The maximum Gasteiger partial charge on any atom is 0.0471 e. The van der Waals surface area contributed by atoms with Crippen molar-refractivity contribution in [1.29, 1.82) is 0 Å². The van der Waals surface area contributed by atoms with Crippen LogP contribution in [0.1, 0.15) is 16.7 Å². The molecule has 1 nitrogen and oxygen atoms in total. The first kappa shape index (κ1) is 11.4. The zero-order valence-electron chi connectivity index (χ0n) is 9.56. The molecule has 17 heavy (non-hydrogen) atoms. The van der Waals surface area contributed by atoms with Crippen LogP contribution in [-0.4, -0.2) is 11.7 Å². The third-order valence-corrected chi connectivity index (χ3v) is 2.48. The Labute approximate surface area is 102 Å². The minimum Gasteiger partial charge on any atom is -0.396 e. The average Bonchev–Trinajstić information content (AvgIpc) is 2.40. The van der Waals surface area contributed by atoms with Gasteiger partial charge in [0.1, 0.15) is 0 Å². The minimum atomic E-state index is 0.190. The normalized spacial score (nSPS) is 9.47. The number of rotatable bonds is 2. The summed E-state index contributed by atoms with van der Waals surface area (Å²) in [5, 5.41) is 8.81. The van der Waals surface area contributed by atoms with Crippen molar-refractivity contribution in [2.24, 2.45) is 0 Å². The molecule has 0 aliphatic heterocycles. The SMILES string of the molecule is OCCc1ccc(C#Cc2ccccc2)cc1. The smallest absolute Gasteiger partial charge is 0.0471 e. The fourth-order valence-electron chi connectivity index (χ4n) is 1.55. The van der Waals surface area contributed by atoms with E-state index in [0.717, 1.165) is 16.7 Å². The van der Waals surface area contributed by atoms with Crippen LogP contribution in [0.2, 0.25) is 0 Å². The fourth-order valence-corrected chi connectivity index (χ4v) is 1.55. The lowest BCUT2D eigenvalue weighted by atomic mass is 10.1. The summed E-state index contributed by atoms with van der Waals surface area (Å²) in [7, 11) is 0. The van der Waals surface area contributed by atoms with E-state index in [2.05, 4.69) is 11.8 Å².